The second-order valence-electron chi connectivity index (χ2n) is 6.05. The Balaban J connectivity index is 1.89. The van der Waals surface area contributed by atoms with Crippen molar-refractivity contribution in [3.63, 3.8) is 0 Å². The third kappa shape index (κ3) is 4.29. The fourth-order valence-electron chi connectivity index (χ4n) is 2.38. The second kappa shape index (κ2) is 7.98. The summed E-state index contributed by atoms with van der Waals surface area (Å²) in [6, 6.07) is 14.9. The van der Waals surface area contributed by atoms with Crippen LogP contribution >= 0.6 is 23.4 Å². The van der Waals surface area contributed by atoms with Gasteiger partial charge in [-0.1, -0.05) is 29.8 Å². The number of amidine groups is 1. The van der Waals surface area contributed by atoms with Crippen LogP contribution in [0.15, 0.2) is 58.4 Å². The zero-order valence-corrected chi connectivity index (χ0v) is 16.3. The topological polar surface area (TPSA) is 41.9 Å². The lowest BCUT2D eigenvalue weighted by atomic mass is 10.2. The number of rotatable bonds is 4. The predicted molar refractivity (Wildman–Crippen MR) is 109 cm³/mol. The third-order valence-corrected chi connectivity index (χ3v) is 4.94. The number of aliphatic imine (C=N–C) groups is 1. The van der Waals surface area contributed by atoms with Crippen LogP contribution in [0.4, 0.5) is 5.69 Å². The van der Waals surface area contributed by atoms with E-state index in [9.17, 15) is 4.79 Å². The first-order valence-corrected chi connectivity index (χ1v) is 9.41. The summed E-state index contributed by atoms with van der Waals surface area (Å²) in [4.78, 5) is 19.3. The lowest BCUT2D eigenvalue weighted by molar-refractivity contribution is -0.121. The lowest BCUT2D eigenvalue weighted by Gasteiger charge is -2.12. The van der Waals surface area contributed by atoms with Gasteiger partial charge >= 0.3 is 0 Å². The Morgan fingerprint density at radius 1 is 1.15 bits per heavy atom. The molecule has 0 unspecified atom stereocenters. The predicted octanol–water partition coefficient (Wildman–Crippen LogP) is 5.36. The fraction of sp³-hybridized carbons (Fsp3) is 0.200. The monoisotopic (exact) mass is 386 g/mol. The molecule has 134 valence electrons. The van der Waals surface area contributed by atoms with Crippen LogP contribution in [0.1, 0.15) is 19.4 Å². The molecule has 0 spiro atoms. The molecule has 26 heavy (non-hydrogen) atoms. The maximum Gasteiger partial charge on any atom is 0.266 e. The van der Waals surface area contributed by atoms with Crippen molar-refractivity contribution in [2.24, 2.45) is 4.99 Å². The summed E-state index contributed by atoms with van der Waals surface area (Å²) in [5.74, 6) is 0.677. The van der Waals surface area contributed by atoms with Crippen LogP contribution in [-0.4, -0.2) is 29.1 Å². The number of ether oxygens (including phenoxy) is 1. The number of halogens is 1. The highest BCUT2D eigenvalue weighted by atomic mass is 35.5. The number of thioether (sulfide) groups is 1. The van der Waals surface area contributed by atoms with Crippen LogP contribution in [0.25, 0.3) is 6.08 Å². The Labute approximate surface area is 162 Å². The summed E-state index contributed by atoms with van der Waals surface area (Å²) >= 11 is 7.25. The van der Waals surface area contributed by atoms with Crippen LogP contribution in [-0.2, 0) is 4.79 Å². The minimum Gasteiger partial charge on any atom is -0.490 e. The summed E-state index contributed by atoms with van der Waals surface area (Å²) in [6.45, 7) is 3.95. The van der Waals surface area contributed by atoms with Crippen LogP contribution in [0, 0.1) is 0 Å². The minimum atomic E-state index is -0.0814. The Morgan fingerprint density at radius 3 is 2.54 bits per heavy atom. The summed E-state index contributed by atoms with van der Waals surface area (Å²) in [7, 11) is 1.72. The van der Waals surface area contributed by atoms with Crippen molar-refractivity contribution in [1.29, 1.82) is 0 Å². The van der Waals surface area contributed by atoms with E-state index in [0.29, 0.717) is 15.1 Å². The van der Waals surface area contributed by atoms with E-state index in [-0.39, 0.29) is 12.0 Å². The highest BCUT2D eigenvalue weighted by Crippen LogP contribution is 2.35. The first-order chi connectivity index (χ1) is 12.4. The smallest absolute Gasteiger partial charge is 0.266 e. The van der Waals surface area contributed by atoms with Gasteiger partial charge in [-0.2, -0.15) is 0 Å². The molecule has 1 heterocycles. The van der Waals surface area contributed by atoms with Gasteiger partial charge in [0, 0.05) is 17.6 Å². The molecule has 0 N–H and O–H groups in total. The molecule has 0 atom stereocenters. The van der Waals surface area contributed by atoms with E-state index in [1.807, 2.05) is 56.3 Å². The van der Waals surface area contributed by atoms with E-state index in [2.05, 4.69) is 4.99 Å². The molecule has 1 aliphatic rings. The van der Waals surface area contributed by atoms with Gasteiger partial charge < -0.3 is 4.74 Å². The Hall–Kier alpha value is -2.24. The standard InChI is InChI=1S/C20H19ClN2O2S/c1-13(2)25-17-7-5-4-6-14(17)12-18-19(24)23(3)20(26-18)22-16-10-8-15(21)9-11-16/h4-13H,1-3H3/b18-12+,22-20?. The quantitative estimate of drug-likeness (QED) is 0.664. The van der Waals surface area contributed by atoms with E-state index < -0.39 is 0 Å². The van der Waals surface area contributed by atoms with Gasteiger partial charge in [0.2, 0.25) is 0 Å². The maximum atomic E-state index is 12.6. The Kier molecular flexibility index (Phi) is 5.69. The Morgan fingerprint density at radius 2 is 1.85 bits per heavy atom. The molecular formula is C20H19ClN2O2S. The van der Waals surface area contributed by atoms with Gasteiger partial charge in [-0.05, 0) is 62.0 Å². The zero-order chi connectivity index (χ0) is 18.7. The average Bonchev–Trinajstić information content (AvgIpc) is 2.86. The zero-order valence-electron chi connectivity index (χ0n) is 14.8. The molecule has 1 saturated heterocycles. The van der Waals surface area contributed by atoms with Crippen molar-refractivity contribution >= 4 is 46.2 Å². The van der Waals surface area contributed by atoms with Crippen molar-refractivity contribution in [3.8, 4) is 5.75 Å². The molecule has 4 nitrogen and oxygen atoms in total. The number of nitrogens with zero attached hydrogens (tertiary/aromatic N) is 2. The van der Waals surface area contributed by atoms with Gasteiger partial charge in [0.15, 0.2) is 5.17 Å². The van der Waals surface area contributed by atoms with E-state index in [1.54, 1.807) is 24.1 Å². The number of carbonyl (C=O) groups is 1. The van der Waals surface area contributed by atoms with Crippen LogP contribution in [0.5, 0.6) is 5.75 Å². The van der Waals surface area contributed by atoms with Gasteiger partial charge in [-0.3, -0.25) is 9.69 Å². The summed E-state index contributed by atoms with van der Waals surface area (Å²) in [6.07, 6.45) is 1.91. The molecule has 0 aliphatic carbocycles. The first-order valence-electron chi connectivity index (χ1n) is 8.21. The molecule has 1 aliphatic heterocycles. The van der Waals surface area contributed by atoms with Gasteiger partial charge in [0.05, 0.1) is 16.7 Å². The van der Waals surface area contributed by atoms with Gasteiger partial charge in [-0.25, -0.2) is 4.99 Å². The number of hydrogen-bond acceptors (Lipinski definition) is 4. The molecule has 2 aromatic rings. The van der Waals surface area contributed by atoms with Crippen molar-refractivity contribution in [2.45, 2.75) is 20.0 Å². The average molecular weight is 387 g/mol. The van der Waals surface area contributed by atoms with Crippen LogP contribution in [0.3, 0.4) is 0 Å². The molecule has 6 heteroatoms. The molecule has 0 saturated carbocycles. The Bertz CT molecular complexity index is 876. The highest BCUT2D eigenvalue weighted by molar-refractivity contribution is 8.18. The molecule has 0 radical (unpaired) electrons. The van der Waals surface area contributed by atoms with Gasteiger partial charge in [-0.15, -0.1) is 0 Å². The van der Waals surface area contributed by atoms with Crippen LogP contribution in [0.2, 0.25) is 5.02 Å². The molecule has 3 rings (SSSR count). The number of benzene rings is 2. The molecule has 1 amide bonds. The minimum absolute atomic E-state index is 0.0613. The van der Waals surface area contributed by atoms with Crippen LogP contribution < -0.4 is 4.74 Å². The van der Waals surface area contributed by atoms with Crippen molar-refractivity contribution in [3.05, 3.63) is 64.0 Å². The largest absolute Gasteiger partial charge is 0.490 e. The molecule has 0 aromatic heterocycles. The molecule has 2 aromatic carbocycles. The first kappa shape index (κ1) is 18.5. The lowest BCUT2D eigenvalue weighted by Crippen LogP contribution is -2.23. The molecular weight excluding hydrogens is 368 g/mol. The van der Waals surface area contributed by atoms with Gasteiger partial charge in [0.1, 0.15) is 5.75 Å². The number of para-hydroxylation sites is 1. The summed E-state index contributed by atoms with van der Waals surface area (Å²) < 4.78 is 5.83. The summed E-state index contributed by atoms with van der Waals surface area (Å²) in [5, 5.41) is 1.28. The van der Waals surface area contributed by atoms with Crippen molar-refractivity contribution in [1.82, 2.24) is 4.90 Å². The fourth-order valence-corrected chi connectivity index (χ4v) is 3.48. The highest BCUT2D eigenvalue weighted by Gasteiger charge is 2.30. The van der Waals surface area contributed by atoms with Gasteiger partial charge in [0.25, 0.3) is 5.91 Å². The SMILES string of the molecule is CC(C)Oc1ccccc1/C=C1/SC(=Nc2ccc(Cl)cc2)N(C)C1=O. The van der Waals surface area contributed by atoms with E-state index in [0.717, 1.165) is 17.0 Å². The summed E-state index contributed by atoms with van der Waals surface area (Å²) in [5.41, 5.74) is 1.62. The maximum absolute atomic E-state index is 12.6. The number of likely N-dealkylation sites (N-methyl/N-ethyl adjacent to an activating group) is 1. The molecule has 1 fully saturated rings. The number of carbonyl (C=O) groups excluding carboxylic acids is 1. The third-order valence-electron chi connectivity index (χ3n) is 3.62. The van der Waals surface area contributed by atoms with E-state index in [4.69, 9.17) is 16.3 Å². The normalized spacial score (nSPS) is 17.6. The van der Waals surface area contributed by atoms with Crippen molar-refractivity contribution < 1.29 is 9.53 Å². The van der Waals surface area contributed by atoms with E-state index in [1.165, 1.54) is 11.8 Å². The van der Waals surface area contributed by atoms with E-state index >= 15 is 0 Å². The second-order valence-corrected chi connectivity index (χ2v) is 7.50. The number of amides is 1. The number of hydrogen-bond donors (Lipinski definition) is 0. The molecule has 0 bridgehead atoms. The van der Waals surface area contributed by atoms with Crippen molar-refractivity contribution in [2.75, 3.05) is 7.05 Å².